The van der Waals surface area contributed by atoms with Gasteiger partial charge in [-0.2, -0.15) is 4.72 Å². The van der Waals surface area contributed by atoms with Crippen LogP contribution in [-0.4, -0.2) is 60.4 Å². The number of sulfonamides is 1. The van der Waals surface area contributed by atoms with Crippen LogP contribution in [0.3, 0.4) is 0 Å². The van der Waals surface area contributed by atoms with E-state index < -0.39 is 34.5 Å². The molecule has 11 nitrogen and oxygen atoms in total. The van der Waals surface area contributed by atoms with E-state index in [2.05, 4.69) is 20.4 Å². The van der Waals surface area contributed by atoms with Gasteiger partial charge < -0.3 is 10.4 Å². The van der Waals surface area contributed by atoms with Crippen molar-refractivity contribution in [2.75, 3.05) is 18.5 Å². The van der Waals surface area contributed by atoms with Gasteiger partial charge in [0.1, 0.15) is 11.9 Å². The molecule has 3 aromatic rings. The van der Waals surface area contributed by atoms with Crippen molar-refractivity contribution in [2.24, 2.45) is 0 Å². The number of aliphatic carboxylic acids is 1. The first-order valence-electron chi connectivity index (χ1n) is 11.6. The lowest BCUT2D eigenvalue weighted by molar-refractivity contribution is -0.138. The zero-order valence-corrected chi connectivity index (χ0v) is 22.9. The van der Waals surface area contributed by atoms with Gasteiger partial charge in [0.15, 0.2) is 0 Å². The van der Waals surface area contributed by atoms with Crippen LogP contribution in [0.5, 0.6) is 0 Å². The minimum atomic E-state index is -4.18. The van der Waals surface area contributed by atoms with Crippen LogP contribution in [0, 0.1) is 20.8 Å². The zero-order valence-electron chi connectivity index (χ0n) is 21.3. The number of hydrogen-bond donors (Lipinski definition) is 4. The number of carboxylic acids is 1. The van der Waals surface area contributed by atoms with Gasteiger partial charge in [0, 0.05) is 19.3 Å². The number of amides is 2. The smallest absolute Gasteiger partial charge is 0.323 e. The quantitative estimate of drug-likeness (QED) is 0.261. The summed E-state index contributed by atoms with van der Waals surface area (Å²) in [6, 6.07) is 9.94. The highest BCUT2D eigenvalue weighted by atomic mass is 32.2. The van der Waals surface area contributed by atoms with Crippen molar-refractivity contribution in [3.05, 3.63) is 75.1 Å². The molecule has 202 valence electrons. The van der Waals surface area contributed by atoms with Crippen molar-refractivity contribution in [3.8, 4) is 0 Å². The van der Waals surface area contributed by atoms with E-state index >= 15 is 0 Å². The molecule has 0 aliphatic carbocycles. The van der Waals surface area contributed by atoms with Crippen molar-refractivity contribution in [1.29, 1.82) is 0 Å². The van der Waals surface area contributed by atoms with Crippen LogP contribution in [0.2, 0.25) is 0 Å². The molecule has 2 heterocycles. The normalized spacial score (nSPS) is 12.0. The first kappa shape index (κ1) is 28.8. The Kier molecular flexibility index (Phi) is 9.20. The minimum absolute atomic E-state index is 0.00174. The highest BCUT2D eigenvalue weighted by Gasteiger charge is 2.29. The maximum atomic E-state index is 13.0. The predicted molar refractivity (Wildman–Crippen MR) is 144 cm³/mol. The van der Waals surface area contributed by atoms with Gasteiger partial charge >= 0.3 is 5.97 Å². The van der Waals surface area contributed by atoms with Gasteiger partial charge in [-0.05, 0) is 63.1 Å². The number of carbonyl (C=O) groups excluding carboxylic acids is 2. The molecule has 0 fully saturated rings. The highest BCUT2D eigenvalue weighted by molar-refractivity contribution is 7.89. The molecule has 38 heavy (non-hydrogen) atoms. The van der Waals surface area contributed by atoms with Gasteiger partial charge in [0.05, 0.1) is 14.6 Å². The molecule has 0 saturated carbocycles. The van der Waals surface area contributed by atoms with E-state index in [0.29, 0.717) is 23.5 Å². The molecule has 4 N–H and O–H groups in total. The van der Waals surface area contributed by atoms with Crippen LogP contribution in [0.4, 0.5) is 5.82 Å². The van der Waals surface area contributed by atoms with Crippen LogP contribution in [-0.2, 0) is 14.8 Å². The van der Waals surface area contributed by atoms with E-state index in [0.717, 1.165) is 16.9 Å². The lowest BCUT2D eigenvalue weighted by Gasteiger charge is -2.21. The molecule has 13 heteroatoms. The van der Waals surface area contributed by atoms with Crippen molar-refractivity contribution in [1.82, 2.24) is 20.0 Å². The fourth-order valence-electron chi connectivity index (χ4n) is 3.85. The van der Waals surface area contributed by atoms with E-state index in [1.165, 1.54) is 17.1 Å². The van der Waals surface area contributed by atoms with E-state index in [-0.39, 0.29) is 20.6 Å². The van der Waals surface area contributed by atoms with Crippen LogP contribution in [0.15, 0.2) is 53.6 Å². The summed E-state index contributed by atoms with van der Waals surface area (Å²) >= 11 is 0.929. The Bertz CT molecular complexity index is 1420. The Labute approximate surface area is 224 Å². The van der Waals surface area contributed by atoms with Crippen molar-refractivity contribution in [3.63, 3.8) is 0 Å². The lowest BCUT2D eigenvalue weighted by atomic mass is 10.1. The molecule has 0 saturated heterocycles. The summed E-state index contributed by atoms with van der Waals surface area (Å²) in [6.07, 6.45) is 1.59. The number of rotatable bonds is 11. The summed E-state index contributed by atoms with van der Waals surface area (Å²) in [5.41, 5.74) is 4.76. The maximum Gasteiger partial charge on any atom is 0.323 e. The van der Waals surface area contributed by atoms with Crippen LogP contribution >= 0.6 is 11.3 Å². The number of aromatic nitrogens is 1. The zero-order chi connectivity index (χ0) is 28.0. The first-order valence-corrected chi connectivity index (χ1v) is 13.9. The molecular weight excluding hydrogens is 530 g/mol. The summed E-state index contributed by atoms with van der Waals surface area (Å²) in [5.74, 6) is -1.97. The number of carbonyl (C=O) groups is 3. The molecular formula is C25H29N5O6S2. The topological polar surface area (TPSA) is 158 Å². The largest absolute Gasteiger partial charge is 0.480 e. The predicted octanol–water partition coefficient (Wildman–Crippen LogP) is 2.72. The lowest BCUT2D eigenvalue weighted by Crippen LogP contribution is -2.48. The number of anilines is 1. The summed E-state index contributed by atoms with van der Waals surface area (Å²) in [4.78, 5) is 42.0. The third kappa shape index (κ3) is 6.94. The van der Waals surface area contributed by atoms with Crippen molar-refractivity contribution >= 4 is 45.0 Å². The van der Waals surface area contributed by atoms with Gasteiger partial charge in [-0.1, -0.05) is 23.8 Å². The van der Waals surface area contributed by atoms with E-state index in [1.807, 2.05) is 6.92 Å². The Morgan fingerprint density at radius 3 is 2.29 bits per heavy atom. The number of benzene rings is 1. The molecule has 0 bridgehead atoms. The fourth-order valence-corrected chi connectivity index (χ4v) is 6.36. The van der Waals surface area contributed by atoms with Crippen LogP contribution < -0.4 is 15.5 Å². The Morgan fingerprint density at radius 1 is 1.05 bits per heavy atom. The summed E-state index contributed by atoms with van der Waals surface area (Å²) in [7, 11) is -4.18. The number of nitrogens with zero attached hydrogens (tertiary/aromatic N) is 2. The standard InChI is InChI=1S/C25H29N5O6S2/c1-5-30(28-21-8-6-7-11-26-21)24(32)20-10-9-19(37-20)23(31)27-14-18(25(33)34)29-38(35,36)22-16(3)12-15(2)13-17(22)4/h6-13,18,29H,5,14H2,1-4H3,(H,26,28)(H,27,31)(H,33,34). The number of hydrazine groups is 1. The average Bonchev–Trinajstić information content (AvgIpc) is 3.34. The SMILES string of the molecule is CCN(Nc1ccccn1)C(=O)c1ccc(C(=O)NCC(NS(=O)(=O)c2c(C)cc(C)cc2C)C(=O)O)s1. The summed E-state index contributed by atoms with van der Waals surface area (Å²) in [5, 5.41) is 13.4. The molecule has 3 rings (SSSR count). The number of pyridine rings is 1. The van der Waals surface area contributed by atoms with E-state index in [1.54, 1.807) is 57.3 Å². The summed E-state index contributed by atoms with van der Waals surface area (Å²) in [6.45, 7) is 6.71. The Hall–Kier alpha value is -3.81. The third-order valence-electron chi connectivity index (χ3n) is 5.45. The molecule has 0 aliphatic heterocycles. The average molecular weight is 560 g/mol. The van der Waals surface area contributed by atoms with E-state index in [9.17, 15) is 27.9 Å². The van der Waals surface area contributed by atoms with Gasteiger partial charge in [0.2, 0.25) is 10.0 Å². The number of aryl methyl sites for hydroxylation is 3. The van der Waals surface area contributed by atoms with Crippen molar-refractivity contribution in [2.45, 2.75) is 38.6 Å². The molecule has 2 amide bonds. The number of thiophene rings is 1. The Balaban J connectivity index is 1.67. The highest BCUT2D eigenvalue weighted by Crippen LogP contribution is 2.22. The molecule has 0 aliphatic rings. The van der Waals surface area contributed by atoms with Gasteiger partial charge in [-0.15, -0.1) is 11.3 Å². The molecule has 2 aromatic heterocycles. The van der Waals surface area contributed by atoms with Crippen LogP contribution in [0.1, 0.15) is 43.0 Å². The van der Waals surface area contributed by atoms with Gasteiger partial charge in [-0.25, -0.2) is 13.4 Å². The summed E-state index contributed by atoms with van der Waals surface area (Å²) < 4.78 is 28.1. The number of hydrogen-bond acceptors (Lipinski definition) is 8. The van der Waals surface area contributed by atoms with Crippen molar-refractivity contribution < 1.29 is 27.9 Å². The van der Waals surface area contributed by atoms with Crippen LogP contribution in [0.25, 0.3) is 0 Å². The maximum absolute atomic E-state index is 13.0. The molecule has 0 radical (unpaired) electrons. The second kappa shape index (κ2) is 12.2. The van der Waals surface area contributed by atoms with Gasteiger partial charge in [-0.3, -0.25) is 24.8 Å². The molecule has 1 aromatic carbocycles. The fraction of sp³-hybridized carbons (Fsp3) is 0.280. The molecule has 1 atom stereocenters. The minimum Gasteiger partial charge on any atom is -0.480 e. The second-order valence-corrected chi connectivity index (χ2v) is 11.2. The number of carboxylic acid groups (broad SMARTS) is 1. The molecule has 1 unspecified atom stereocenters. The second-order valence-electron chi connectivity index (χ2n) is 8.49. The number of nitrogens with one attached hydrogen (secondary N) is 3. The third-order valence-corrected chi connectivity index (χ3v) is 8.30. The first-order chi connectivity index (χ1) is 17.9. The van der Waals surface area contributed by atoms with Gasteiger partial charge in [0.25, 0.3) is 11.8 Å². The Morgan fingerprint density at radius 2 is 1.71 bits per heavy atom. The monoisotopic (exact) mass is 559 g/mol. The van der Waals surface area contributed by atoms with E-state index in [4.69, 9.17) is 0 Å². The molecule has 0 spiro atoms.